The molecule has 0 amide bonds. The lowest BCUT2D eigenvalue weighted by Gasteiger charge is -2.07. The summed E-state index contributed by atoms with van der Waals surface area (Å²) in [6.07, 6.45) is 3.95. The van der Waals surface area contributed by atoms with E-state index in [1.807, 2.05) is 60.7 Å². The second-order valence-corrected chi connectivity index (χ2v) is 7.51. The molecular weight excluding hydrogens is 391 g/mol. The Bertz CT molecular complexity index is 1250. The van der Waals surface area contributed by atoms with Gasteiger partial charge >= 0.3 is 11.7 Å². The first kappa shape index (κ1) is 19.1. The molecule has 0 spiro atoms. The number of halogens is 1. The molecule has 3 heterocycles. The van der Waals surface area contributed by atoms with E-state index < -0.39 is 12.0 Å². The molecule has 1 atom stereocenters. The van der Waals surface area contributed by atoms with Crippen LogP contribution in [0.5, 0.6) is 0 Å². The van der Waals surface area contributed by atoms with E-state index in [1.165, 1.54) is 6.20 Å². The maximum atomic E-state index is 14.1. The van der Waals surface area contributed by atoms with Gasteiger partial charge in [-0.15, -0.1) is 0 Å². The molecule has 31 heavy (non-hydrogen) atoms. The first-order valence-electron chi connectivity index (χ1n) is 10.1. The van der Waals surface area contributed by atoms with Crippen molar-refractivity contribution >= 4 is 11.7 Å². The molecule has 152 valence electrons. The number of nitrogens with one attached hydrogen (secondary N) is 1. The van der Waals surface area contributed by atoms with Gasteiger partial charge in [0, 0.05) is 30.2 Å². The number of carbonyl (C=O) groups is 1. The van der Waals surface area contributed by atoms with Crippen LogP contribution in [0.15, 0.2) is 85.2 Å². The molecule has 0 fully saturated rings. The Hall–Kier alpha value is -3.93. The monoisotopic (exact) mass is 411 g/mol. The maximum absolute atomic E-state index is 14.1. The number of aromatic nitrogens is 3. The Labute approximate surface area is 179 Å². The molecule has 0 radical (unpaired) electrons. The van der Waals surface area contributed by atoms with E-state index in [-0.39, 0.29) is 12.3 Å². The minimum Gasteiger partial charge on any atom is -0.258 e. The Balaban J connectivity index is 1.55. The highest BCUT2D eigenvalue weighted by Gasteiger charge is 2.41. The molecule has 5 nitrogen and oxygen atoms in total. The number of benzene rings is 2. The van der Waals surface area contributed by atoms with E-state index >= 15 is 0 Å². The van der Waals surface area contributed by atoms with Crippen molar-refractivity contribution in [3.05, 3.63) is 108 Å². The van der Waals surface area contributed by atoms with E-state index in [1.54, 1.807) is 22.9 Å². The molecule has 2 aromatic heterocycles. The van der Waals surface area contributed by atoms with Crippen LogP contribution in [0.2, 0.25) is 0 Å². The summed E-state index contributed by atoms with van der Waals surface area (Å²) in [5.74, 6) is -0.0272. The van der Waals surface area contributed by atoms with Crippen molar-refractivity contribution < 1.29 is 13.8 Å². The summed E-state index contributed by atoms with van der Waals surface area (Å²) in [6, 6.07) is 22.5. The fourth-order valence-corrected chi connectivity index (χ4v) is 3.86. The molecule has 4 aromatic rings. The highest BCUT2D eigenvalue weighted by molar-refractivity contribution is 5.82. The number of anilines is 1. The summed E-state index contributed by atoms with van der Waals surface area (Å²) < 4.78 is 15.7. The Morgan fingerprint density at radius 2 is 1.71 bits per heavy atom. The van der Waals surface area contributed by atoms with Gasteiger partial charge in [-0.3, -0.25) is 5.32 Å². The van der Waals surface area contributed by atoms with Crippen LogP contribution in [0.1, 0.15) is 21.6 Å². The number of nitrogens with zero attached hydrogens (tertiary/aromatic N) is 3. The predicted molar refractivity (Wildman–Crippen MR) is 115 cm³/mol. The van der Waals surface area contributed by atoms with Gasteiger partial charge in [-0.25, -0.2) is 14.8 Å². The number of hydrogen-bond donors (Lipinski definition) is 1. The molecule has 1 unspecified atom stereocenters. The van der Waals surface area contributed by atoms with Gasteiger partial charge in [0.1, 0.15) is 17.6 Å². The van der Waals surface area contributed by atoms with E-state index in [9.17, 15) is 9.18 Å². The summed E-state index contributed by atoms with van der Waals surface area (Å²) >= 11 is 0. The second-order valence-electron chi connectivity index (χ2n) is 7.51. The lowest BCUT2D eigenvalue weighted by molar-refractivity contribution is -0.552. The Morgan fingerprint density at radius 1 is 0.968 bits per heavy atom. The summed E-state index contributed by atoms with van der Waals surface area (Å²) in [4.78, 5) is 21.8. The third-order valence-electron chi connectivity index (χ3n) is 5.41. The first-order valence-corrected chi connectivity index (χ1v) is 10.1. The highest BCUT2D eigenvalue weighted by Crippen LogP contribution is 2.25. The summed E-state index contributed by atoms with van der Waals surface area (Å²) in [5, 5.41) is 3.28. The second kappa shape index (κ2) is 8.07. The van der Waals surface area contributed by atoms with Crippen molar-refractivity contribution in [3.8, 4) is 11.3 Å². The summed E-state index contributed by atoms with van der Waals surface area (Å²) in [6.45, 7) is 0. The van der Waals surface area contributed by atoms with Crippen molar-refractivity contribution in [2.24, 2.45) is 0 Å². The molecule has 2 aromatic carbocycles. The molecule has 6 heteroatoms. The van der Waals surface area contributed by atoms with Crippen LogP contribution >= 0.6 is 0 Å². The van der Waals surface area contributed by atoms with Crippen molar-refractivity contribution in [1.29, 1.82) is 0 Å². The molecular formula is C25H20FN4O+. The predicted octanol–water partition coefficient (Wildman–Crippen LogP) is 3.84. The van der Waals surface area contributed by atoms with E-state index in [0.717, 1.165) is 22.5 Å². The summed E-state index contributed by atoms with van der Waals surface area (Å²) in [7, 11) is 0. The largest absolute Gasteiger partial charge is 0.359 e. The molecule has 0 saturated heterocycles. The highest BCUT2D eigenvalue weighted by atomic mass is 19.1. The number of rotatable bonds is 5. The van der Waals surface area contributed by atoms with Crippen LogP contribution in [-0.2, 0) is 12.8 Å². The third-order valence-corrected chi connectivity index (χ3v) is 5.41. The standard InChI is InChI=1S/C25H19FN4O/c26-23-19(12-7-13-27-23)15-21-25(31)30-16-22(18-10-5-2-6-11-18)28-20(24(30)29-21)14-17-8-3-1-4-9-17/h1-13,16,21H,14-15H2/p+1. The van der Waals surface area contributed by atoms with Gasteiger partial charge in [0.15, 0.2) is 6.04 Å². The van der Waals surface area contributed by atoms with Crippen molar-refractivity contribution in [3.63, 3.8) is 0 Å². The fourth-order valence-electron chi connectivity index (χ4n) is 3.86. The molecule has 5 rings (SSSR count). The third kappa shape index (κ3) is 3.80. The average Bonchev–Trinajstić information content (AvgIpc) is 3.12. The zero-order valence-corrected chi connectivity index (χ0v) is 16.7. The van der Waals surface area contributed by atoms with Crippen LogP contribution in [0, 0.1) is 5.95 Å². The average molecular weight is 411 g/mol. The van der Waals surface area contributed by atoms with E-state index in [4.69, 9.17) is 4.98 Å². The molecule has 0 aliphatic carbocycles. The number of fused-ring (bicyclic) bond motifs is 1. The molecule has 1 N–H and O–H groups in total. The van der Waals surface area contributed by atoms with Gasteiger partial charge in [-0.05, 0) is 11.6 Å². The first-order chi connectivity index (χ1) is 15.2. The topological polar surface area (TPSA) is 58.8 Å². The zero-order valence-electron chi connectivity index (χ0n) is 16.7. The van der Waals surface area contributed by atoms with Gasteiger partial charge in [-0.1, -0.05) is 66.7 Å². The summed E-state index contributed by atoms with van der Waals surface area (Å²) in [5.41, 5.74) is 3.93. The van der Waals surface area contributed by atoms with Gasteiger partial charge < -0.3 is 0 Å². The lowest BCUT2D eigenvalue weighted by atomic mass is 10.1. The molecule has 1 aliphatic rings. The SMILES string of the molecule is O=C1C(Cc2cccnc2F)Nc2c(Cc3ccccc3)nc(-c3ccccc3)c[n+]21. The quantitative estimate of drug-likeness (QED) is 0.401. The van der Waals surface area contributed by atoms with E-state index in [0.29, 0.717) is 17.8 Å². The Kier molecular flexibility index (Phi) is 4.96. The van der Waals surface area contributed by atoms with Gasteiger partial charge in [0.05, 0.1) is 0 Å². The van der Waals surface area contributed by atoms with Crippen molar-refractivity contribution in [1.82, 2.24) is 9.97 Å². The minimum atomic E-state index is -0.582. The molecule has 1 aliphatic heterocycles. The van der Waals surface area contributed by atoms with Crippen LogP contribution in [0.3, 0.4) is 0 Å². The van der Waals surface area contributed by atoms with Crippen molar-refractivity contribution in [2.75, 3.05) is 5.32 Å². The van der Waals surface area contributed by atoms with E-state index in [2.05, 4.69) is 10.3 Å². The van der Waals surface area contributed by atoms with Gasteiger partial charge in [0.25, 0.3) is 0 Å². The molecule has 0 saturated carbocycles. The fraction of sp³-hybridized carbons (Fsp3) is 0.120. The van der Waals surface area contributed by atoms with Gasteiger partial charge in [0.2, 0.25) is 5.95 Å². The lowest BCUT2D eigenvalue weighted by Crippen LogP contribution is -2.44. The van der Waals surface area contributed by atoms with Crippen molar-refractivity contribution in [2.45, 2.75) is 18.9 Å². The number of hydrogen-bond acceptors (Lipinski definition) is 4. The van der Waals surface area contributed by atoms with Crippen LogP contribution in [0.25, 0.3) is 11.3 Å². The van der Waals surface area contributed by atoms with Gasteiger partial charge in [-0.2, -0.15) is 8.96 Å². The van der Waals surface area contributed by atoms with Crippen LogP contribution in [-0.4, -0.2) is 21.9 Å². The number of pyridine rings is 1. The smallest absolute Gasteiger partial charge is 0.258 e. The molecule has 0 bridgehead atoms. The maximum Gasteiger partial charge on any atom is 0.359 e. The number of carbonyl (C=O) groups excluding carboxylic acids is 1. The Morgan fingerprint density at radius 3 is 2.45 bits per heavy atom. The normalized spacial score (nSPS) is 14.9. The zero-order chi connectivity index (χ0) is 21.2. The van der Waals surface area contributed by atoms with Crippen LogP contribution in [0.4, 0.5) is 10.2 Å². The minimum absolute atomic E-state index is 0.132. The van der Waals surface area contributed by atoms with Crippen LogP contribution < -0.4 is 9.88 Å².